The van der Waals surface area contributed by atoms with E-state index in [4.69, 9.17) is 4.98 Å². The second-order valence-electron chi connectivity index (χ2n) is 6.95. The van der Waals surface area contributed by atoms with Gasteiger partial charge < -0.3 is 19.7 Å². The number of aromatic nitrogens is 2. The molecule has 0 radical (unpaired) electrons. The molecule has 0 bridgehead atoms. The second kappa shape index (κ2) is 5.68. The number of quaternary nitrogens is 1. The standard InChI is InChI=1S/C19H20N4O2/c1-23(2,25)12-13-6-8-14(9-7-13)18-21-16-5-3-4-15-17(16)22(18)11-10-20-19(15)24/h3-9H,10-12H2,1-2H3,(H,20,24). The van der Waals surface area contributed by atoms with E-state index in [1.54, 1.807) is 14.1 Å². The molecule has 4 rings (SSSR count). The van der Waals surface area contributed by atoms with Gasteiger partial charge in [0.15, 0.2) is 0 Å². The average Bonchev–Trinajstić information content (AvgIpc) is 2.83. The van der Waals surface area contributed by atoms with Crippen LogP contribution in [0.2, 0.25) is 0 Å². The van der Waals surface area contributed by atoms with Crippen LogP contribution in [0, 0.1) is 5.21 Å². The normalized spacial score (nSPS) is 14.4. The predicted molar refractivity (Wildman–Crippen MR) is 96.7 cm³/mol. The van der Waals surface area contributed by atoms with Crippen molar-refractivity contribution in [1.82, 2.24) is 14.9 Å². The Morgan fingerprint density at radius 2 is 1.96 bits per heavy atom. The number of rotatable bonds is 3. The fourth-order valence-electron chi connectivity index (χ4n) is 3.38. The third-order valence-corrected chi connectivity index (χ3v) is 4.41. The van der Waals surface area contributed by atoms with Gasteiger partial charge in [0.2, 0.25) is 0 Å². The molecule has 0 unspecified atom stereocenters. The highest BCUT2D eigenvalue weighted by molar-refractivity contribution is 6.06. The Labute approximate surface area is 145 Å². The molecule has 1 aliphatic rings. The Morgan fingerprint density at radius 3 is 2.68 bits per heavy atom. The lowest BCUT2D eigenvalue weighted by molar-refractivity contribution is -0.853. The van der Waals surface area contributed by atoms with E-state index in [-0.39, 0.29) is 10.6 Å². The quantitative estimate of drug-likeness (QED) is 0.590. The zero-order valence-corrected chi connectivity index (χ0v) is 14.3. The van der Waals surface area contributed by atoms with E-state index in [1.165, 1.54) is 0 Å². The van der Waals surface area contributed by atoms with E-state index in [0.717, 1.165) is 28.0 Å². The first kappa shape index (κ1) is 15.8. The van der Waals surface area contributed by atoms with Gasteiger partial charge in [-0.2, -0.15) is 0 Å². The van der Waals surface area contributed by atoms with Crippen molar-refractivity contribution in [2.45, 2.75) is 13.1 Å². The first-order chi connectivity index (χ1) is 11.9. The van der Waals surface area contributed by atoms with Crippen LogP contribution in [-0.4, -0.2) is 40.7 Å². The van der Waals surface area contributed by atoms with Crippen molar-refractivity contribution >= 4 is 16.9 Å². The average molecular weight is 336 g/mol. The molecule has 128 valence electrons. The molecule has 1 aromatic heterocycles. The summed E-state index contributed by atoms with van der Waals surface area (Å²) in [5, 5.41) is 14.8. The summed E-state index contributed by atoms with van der Waals surface area (Å²) in [6, 6.07) is 13.6. The number of carbonyl (C=O) groups is 1. The maximum atomic E-state index is 12.2. The zero-order chi connectivity index (χ0) is 17.6. The number of benzene rings is 2. The highest BCUT2D eigenvalue weighted by Gasteiger charge is 2.21. The van der Waals surface area contributed by atoms with Crippen molar-refractivity contribution in [3.8, 4) is 11.4 Å². The Balaban J connectivity index is 1.81. The largest absolute Gasteiger partial charge is 0.633 e. The van der Waals surface area contributed by atoms with E-state index in [0.29, 0.717) is 25.2 Å². The number of imidazole rings is 1. The molecular formula is C19H20N4O2. The molecule has 2 aromatic carbocycles. The molecule has 1 aliphatic heterocycles. The molecule has 0 aliphatic carbocycles. The van der Waals surface area contributed by atoms with E-state index in [9.17, 15) is 10.0 Å². The molecule has 2 heterocycles. The molecule has 3 aromatic rings. The monoisotopic (exact) mass is 336 g/mol. The van der Waals surface area contributed by atoms with E-state index in [2.05, 4.69) is 9.88 Å². The molecule has 1 N–H and O–H groups in total. The minimum Gasteiger partial charge on any atom is -0.633 e. The van der Waals surface area contributed by atoms with Crippen LogP contribution in [0.3, 0.4) is 0 Å². The first-order valence-corrected chi connectivity index (χ1v) is 8.33. The summed E-state index contributed by atoms with van der Waals surface area (Å²) in [6.45, 7) is 1.69. The van der Waals surface area contributed by atoms with Crippen LogP contribution in [0.5, 0.6) is 0 Å². The summed E-state index contributed by atoms with van der Waals surface area (Å²) in [5.41, 5.74) is 4.35. The molecule has 0 saturated carbocycles. The Bertz CT molecular complexity index is 952. The van der Waals surface area contributed by atoms with Gasteiger partial charge in [0.1, 0.15) is 12.4 Å². The second-order valence-corrected chi connectivity index (χ2v) is 6.95. The molecule has 6 heteroatoms. The SMILES string of the molecule is C[N+](C)([O-])Cc1ccc(-c2nc3cccc4c3n2CCNC4=O)cc1. The van der Waals surface area contributed by atoms with Gasteiger partial charge in [0.25, 0.3) is 5.91 Å². The number of hydroxylamine groups is 3. The van der Waals surface area contributed by atoms with Gasteiger partial charge in [-0.15, -0.1) is 0 Å². The molecule has 0 atom stereocenters. The van der Waals surface area contributed by atoms with Crippen LogP contribution < -0.4 is 5.32 Å². The van der Waals surface area contributed by atoms with Crippen LogP contribution in [0.15, 0.2) is 42.5 Å². The van der Waals surface area contributed by atoms with Gasteiger partial charge >= 0.3 is 0 Å². The summed E-state index contributed by atoms with van der Waals surface area (Å²) in [4.78, 5) is 17.0. The lowest BCUT2D eigenvalue weighted by atomic mass is 10.1. The van der Waals surface area contributed by atoms with Crippen molar-refractivity contribution in [2.75, 3.05) is 20.6 Å². The maximum absolute atomic E-state index is 12.2. The highest BCUT2D eigenvalue weighted by atomic mass is 16.5. The maximum Gasteiger partial charge on any atom is 0.253 e. The Morgan fingerprint density at radius 1 is 1.20 bits per heavy atom. The molecule has 1 amide bonds. The summed E-state index contributed by atoms with van der Waals surface area (Å²) in [7, 11) is 3.27. The summed E-state index contributed by atoms with van der Waals surface area (Å²) in [6.07, 6.45) is 0. The van der Waals surface area contributed by atoms with Crippen LogP contribution >= 0.6 is 0 Å². The van der Waals surface area contributed by atoms with Gasteiger partial charge in [-0.25, -0.2) is 4.98 Å². The number of para-hydroxylation sites is 1. The van der Waals surface area contributed by atoms with Crippen LogP contribution in [0.25, 0.3) is 22.4 Å². The van der Waals surface area contributed by atoms with E-state index < -0.39 is 0 Å². The van der Waals surface area contributed by atoms with E-state index >= 15 is 0 Å². The van der Waals surface area contributed by atoms with Crippen molar-refractivity contribution in [2.24, 2.45) is 0 Å². The number of hydrogen-bond donors (Lipinski definition) is 1. The highest BCUT2D eigenvalue weighted by Crippen LogP contribution is 2.28. The minimum atomic E-state index is -0.352. The van der Waals surface area contributed by atoms with Gasteiger partial charge in [-0.05, 0) is 12.1 Å². The van der Waals surface area contributed by atoms with Gasteiger partial charge in [0.05, 0.1) is 30.7 Å². The van der Waals surface area contributed by atoms with Crippen molar-refractivity contribution in [3.05, 3.63) is 58.8 Å². The van der Waals surface area contributed by atoms with E-state index in [1.807, 2.05) is 42.5 Å². The van der Waals surface area contributed by atoms with Crippen LogP contribution in [0.1, 0.15) is 15.9 Å². The lowest BCUT2D eigenvalue weighted by Gasteiger charge is -2.33. The predicted octanol–water partition coefficient (Wildman–Crippen LogP) is 2.52. The van der Waals surface area contributed by atoms with Gasteiger partial charge in [-0.3, -0.25) is 4.79 Å². The zero-order valence-electron chi connectivity index (χ0n) is 14.3. The Hall–Kier alpha value is -2.70. The summed E-state index contributed by atoms with van der Waals surface area (Å²) in [5.74, 6) is 0.794. The Kier molecular flexibility index (Phi) is 3.59. The van der Waals surface area contributed by atoms with Crippen molar-refractivity contribution in [1.29, 1.82) is 0 Å². The fourth-order valence-corrected chi connectivity index (χ4v) is 3.38. The molecular weight excluding hydrogens is 316 g/mol. The number of carbonyl (C=O) groups excluding carboxylic acids is 1. The smallest absolute Gasteiger partial charge is 0.253 e. The molecule has 0 spiro atoms. The van der Waals surface area contributed by atoms with Crippen molar-refractivity contribution < 1.29 is 9.44 Å². The molecule has 6 nitrogen and oxygen atoms in total. The van der Waals surface area contributed by atoms with Crippen LogP contribution in [-0.2, 0) is 13.1 Å². The number of nitrogens with zero attached hydrogens (tertiary/aromatic N) is 3. The number of hydrogen-bond acceptors (Lipinski definition) is 3. The van der Waals surface area contributed by atoms with Gasteiger partial charge in [-0.1, -0.05) is 30.3 Å². The minimum absolute atomic E-state index is 0.0541. The first-order valence-electron chi connectivity index (χ1n) is 8.33. The summed E-state index contributed by atoms with van der Waals surface area (Å²) >= 11 is 0. The fraction of sp³-hybridized carbons (Fsp3) is 0.263. The van der Waals surface area contributed by atoms with Crippen molar-refractivity contribution in [3.63, 3.8) is 0 Å². The van der Waals surface area contributed by atoms with Crippen LogP contribution in [0.4, 0.5) is 0 Å². The number of nitrogens with one attached hydrogen (secondary N) is 1. The molecule has 0 saturated heterocycles. The topological polar surface area (TPSA) is 70.0 Å². The third-order valence-electron chi connectivity index (χ3n) is 4.41. The summed E-state index contributed by atoms with van der Waals surface area (Å²) < 4.78 is 1.75. The molecule has 0 fully saturated rings. The lowest BCUT2D eigenvalue weighted by Crippen LogP contribution is -2.30. The van der Waals surface area contributed by atoms with Gasteiger partial charge in [0, 0.05) is 24.2 Å². The molecule has 25 heavy (non-hydrogen) atoms. The number of amides is 1. The third kappa shape index (κ3) is 2.90.